The van der Waals surface area contributed by atoms with Crippen molar-refractivity contribution in [3.63, 3.8) is 0 Å². The van der Waals surface area contributed by atoms with Crippen molar-refractivity contribution in [2.75, 3.05) is 19.0 Å². The number of anilines is 1. The average Bonchev–Trinajstić information content (AvgIpc) is 3.40. The maximum absolute atomic E-state index is 13.2. The van der Waals surface area contributed by atoms with Gasteiger partial charge in [-0.2, -0.15) is 5.26 Å². The summed E-state index contributed by atoms with van der Waals surface area (Å²) in [6.45, 7) is 1.89. The number of halogens is 1. The summed E-state index contributed by atoms with van der Waals surface area (Å²) in [5.41, 5.74) is 1.24. The molecule has 1 N–H and O–H groups in total. The van der Waals surface area contributed by atoms with E-state index in [1.54, 1.807) is 25.1 Å². The first-order valence-electron chi connectivity index (χ1n) is 13.0. The van der Waals surface area contributed by atoms with Gasteiger partial charge in [0.1, 0.15) is 24.2 Å². The first-order valence-corrected chi connectivity index (χ1v) is 13.4. The molecule has 0 radical (unpaired) electrons. The Labute approximate surface area is 246 Å². The Morgan fingerprint density at radius 1 is 1.17 bits per heavy atom. The second-order valence-corrected chi connectivity index (χ2v) is 10.00. The molecule has 2 aromatic carbocycles. The Hall–Kier alpha value is -4.95. The molecule has 3 atom stereocenters. The molecule has 2 heterocycles. The lowest BCUT2D eigenvalue weighted by molar-refractivity contribution is -0.123. The molecule has 3 aromatic rings. The second kappa shape index (κ2) is 13.1. The molecule has 4 rings (SSSR count). The van der Waals surface area contributed by atoms with Gasteiger partial charge in [-0.05, 0) is 48.9 Å². The molecule has 0 aliphatic carbocycles. The van der Waals surface area contributed by atoms with Gasteiger partial charge < -0.3 is 24.5 Å². The van der Waals surface area contributed by atoms with Crippen LogP contribution in [0.3, 0.4) is 0 Å². The van der Waals surface area contributed by atoms with Crippen molar-refractivity contribution in [2.45, 2.75) is 38.0 Å². The van der Waals surface area contributed by atoms with Gasteiger partial charge in [-0.1, -0.05) is 18.5 Å². The van der Waals surface area contributed by atoms with Gasteiger partial charge in [-0.3, -0.25) is 19.0 Å². The van der Waals surface area contributed by atoms with Crippen LogP contribution >= 0.6 is 11.6 Å². The van der Waals surface area contributed by atoms with Gasteiger partial charge in [0.2, 0.25) is 12.3 Å². The Balaban J connectivity index is 1.49. The van der Waals surface area contributed by atoms with Crippen LogP contribution in [0.25, 0.3) is 11.1 Å². The highest BCUT2D eigenvalue weighted by atomic mass is 35.5. The minimum Gasteiger partial charge on any atom is -0.495 e. The third kappa shape index (κ3) is 6.34. The summed E-state index contributed by atoms with van der Waals surface area (Å²) in [5.74, 6) is -0.815. The van der Waals surface area contributed by atoms with E-state index in [4.69, 9.17) is 21.1 Å². The minimum absolute atomic E-state index is 0.134. The van der Waals surface area contributed by atoms with Crippen molar-refractivity contribution in [3.8, 4) is 22.9 Å². The van der Waals surface area contributed by atoms with Gasteiger partial charge in [0.25, 0.3) is 5.56 Å². The van der Waals surface area contributed by atoms with Gasteiger partial charge in [0.15, 0.2) is 0 Å². The first kappa shape index (κ1) is 30.0. The van der Waals surface area contributed by atoms with E-state index in [0.29, 0.717) is 40.1 Å². The number of likely N-dealkylation sites (tertiary alicyclic amines) is 1. The molecule has 1 unspecified atom stereocenters. The number of nitriles is 1. The van der Waals surface area contributed by atoms with Crippen molar-refractivity contribution >= 4 is 41.9 Å². The highest BCUT2D eigenvalue weighted by molar-refractivity contribution is 6.31. The van der Waals surface area contributed by atoms with E-state index < -0.39 is 35.6 Å². The van der Waals surface area contributed by atoms with Gasteiger partial charge in [-0.25, -0.2) is 4.79 Å². The lowest BCUT2D eigenvalue weighted by Gasteiger charge is -2.20. The number of hydrogen-bond donors (Lipinski definition) is 1. The van der Waals surface area contributed by atoms with Crippen LogP contribution in [0.2, 0.25) is 5.02 Å². The molecule has 0 saturated carbocycles. The standard InChI is InChI=1S/C30H27ClN4O7/c1-3-26(35-15-27(41-2)25(12-28(35)38)24-10-20(31)7-4-19(24)13-32)29(39)33-21-8-5-18(6-9-21)30(40)42-23-11-22(16-36)34(14-23)17-37/h4-10,12,15-17,22-23,26H,3,11,14H2,1-2H3,(H,33,39)/t22-,23-,26?/m1/s1. The van der Waals surface area contributed by atoms with E-state index in [-0.39, 0.29) is 30.7 Å². The molecule has 1 aliphatic rings. The third-order valence-corrected chi connectivity index (χ3v) is 7.22. The Bertz CT molecular complexity index is 1600. The van der Waals surface area contributed by atoms with E-state index in [2.05, 4.69) is 11.4 Å². The van der Waals surface area contributed by atoms with Crippen molar-refractivity contribution < 1.29 is 28.7 Å². The van der Waals surface area contributed by atoms with E-state index in [9.17, 15) is 29.2 Å². The van der Waals surface area contributed by atoms with E-state index >= 15 is 0 Å². The van der Waals surface area contributed by atoms with Gasteiger partial charge >= 0.3 is 5.97 Å². The summed E-state index contributed by atoms with van der Waals surface area (Å²) in [6.07, 6.45) is 2.53. The lowest BCUT2D eigenvalue weighted by atomic mass is 10.00. The monoisotopic (exact) mass is 590 g/mol. The molecule has 1 fully saturated rings. The van der Waals surface area contributed by atoms with Crippen molar-refractivity contribution in [1.82, 2.24) is 9.47 Å². The fraction of sp³-hybridized carbons (Fsp3) is 0.267. The summed E-state index contributed by atoms with van der Waals surface area (Å²) in [4.78, 5) is 62.5. The SMILES string of the molecule is CCC(C(=O)Nc1ccc(C(=O)O[C@@H]2C[C@H](C=O)N(C=O)C2)cc1)n1cc(OC)c(-c2cc(Cl)ccc2C#N)cc1=O. The molecule has 2 amide bonds. The van der Waals surface area contributed by atoms with Gasteiger partial charge in [0.05, 0.1) is 43.1 Å². The van der Waals surface area contributed by atoms with Crippen LogP contribution in [-0.4, -0.2) is 59.8 Å². The van der Waals surface area contributed by atoms with E-state index in [1.807, 2.05) is 0 Å². The van der Waals surface area contributed by atoms with Crippen molar-refractivity contribution in [2.24, 2.45) is 0 Å². The zero-order valence-electron chi connectivity index (χ0n) is 22.8. The Morgan fingerprint density at radius 2 is 1.90 bits per heavy atom. The van der Waals surface area contributed by atoms with Crippen molar-refractivity contribution in [1.29, 1.82) is 5.26 Å². The number of ether oxygens (including phenoxy) is 2. The number of methoxy groups -OCH3 is 1. The van der Waals surface area contributed by atoms with Crippen LogP contribution < -0.4 is 15.6 Å². The molecule has 1 saturated heterocycles. The molecule has 11 nitrogen and oxygen atoms in total. The molecule has 0 spiro atoms. The first-order chi connectivity index (χ1) is 20.2. The summed E-state index contributed by atoms with van der Waals surface area (Å²) in [5, 5.41) is 12.7. The second-order valence-electron chi connectivity index (χ2n) is 9.56. The number of benzene rings is 2. The molecule has 216 valence electrons. The highest BCUT2D eigenvalue weighted by Crippen LogP contribution is 2.33. The van der Waals surface area contributed by atoms with Crippen LogP contribution in [0.4, 0.5) is 5.69 Å². The number of nitrogens with zero attached hydrogens (tertiary/aromatic N) is 3. The van der Waals surface area contributed by atoms with Crippen LogP contribution in [0.5, 0.6) is 5.75 Å². The Morgan fingerprint density at radius 3 is 2.50 bits per heavy atom. The smallest absolute Gasteiger partial charge is 0.338 e. The normalized spacial score (nSPS) is 16.7. The third-order valence-electron chi connectivity index (χ3n) is 6.98. The number of nitrogens with one attached hydrogen (secondary N) is 1. The molecule has 42 heavy (non-hydrogen) atoms. The minimum atomic E-state index is -0.895. The predicted molar refractivity (Wildman–Crippen MR) is 153 cm³/mol. The van der Waals surface area contributed by atoms with E-state index in [0.717, 1.165) is 0 Å². The molecule has 0 bridgehead atoms. The number of esters is 1. The number of hydrogen-bond acceptors (Lipinski definition) is 8. The van der Waals surface area contributed by atoms with Crippen LogP contribution in [0, 0.1) is 11.3 Å². The van der Waals surface area contributed by atoms with Crippen molar-refractivity contribution in [3.05, 3.63) is 81.2 Å². The van der Waals surface area contributed by atoms with Crippen LogP contribution in [0.1, 0.15) is 41.7 Å². The highest BCUT2D eigenvalue weighted by Gasteiger charge is 2.33. The molecular formula is C30H27ClN4O7. The lowest BCUT2D eigenvalue weighted by Crippen LogP contribution is -2.32. The number of carbonyl (C=O) groups excluding carboxylic acids is 4. The number of aldehydes is 1. The molecule has 12 heteroatoms. The topological polar surface area (TPSA) is 148 Å². The molecule has 1 aliphatic heterocycles. The largest absolute Gasteiger partial charge is 0.495 e. The zero-order valence-corrected chi connectivity index (χ0v) is 23.5. The summed E-state index contributed by atoms with van der Waals surface area (Å²) < 4.78 is 12.2. The predicted octanol–water partition coefficient (Wildman–Crippen LogP) is 3.59. The number of rotatable bonds is 10. The number of carbonyl (C=O) groups is 4. The van der Waals surface area contributed by atoms with E-state index in [1.165, 1.54) is 53.1 Å². The number of amides is 2. The fourth-order valence-corrected chi connectivity index (χ4v) is 4.99. The summed E-state index contributed by atoms with van der Waals surface area (Å²) in [6, 6.07) is 12.6. The maximum atomic E-state index is 13.2. The Kier molecular flexibility index (Phi) is 9.39. The summed E-state index contributed by atoms with van der Waals surface area (Å²) >= 11 is 6.13. The quantitative estimate of drug-likeness (QED) is 0.278. The van der Waals surface area contributed by atoms with Crippen LogP contribution in [0.15, 0.2) is 59.5 Å². The van der Waals surface area contributed by atoms with Crippen LogP contribution in [-0.2, 0) is 19.1 Å². The number of aromatic nitrogens is 1. The van der Waals surface area contributed by atoms with Gasteiger partial charge in [-0.15, -0.1) is 0 Å². The van der Waals surface area contributed by atoms with Gasteiger partial charge in [0, 0.05) is 34.3 Å². The molecular weight excluding hydrogens is 564 g/mol. The summed E-state index contributed by atoms with van der Waals surface area (Å²) in [7, 11) is 1.42. The maximum Gasteiger partial charge on any atom is 0.338 e. The molecule has 1 aromatic heterocycles. The number of pyridine rings is 1. The zero-order chi connectivity index (χ0) is 30.4. The fourth-order valence-electron chi connectivity index (χ4n) is 4.82. The average molecular weight is 591 g/mol.